The van der Waals surface area contributed by atoms with Crippen molar-refractivity contribution in [2.75, 3.05) is 0 Å². The van der Waals surface area contributed by atoms with Gasteiger partial charge in [-0.3, -0.25) is 8.80 Å². The van der Waals surface area contributed by atoms with Crippen LogP contribution >= 0.6 is 15.9 Å². The number of aromatic nitrogens is 4. The van der Waals surface area contributed by atoms with E-state index in [1.165, 1.54) is 65.6 Å². The van der Waals surface area contributed by atoms with Crippen molar-refractivity contribution < 1.29 is 29.7 Å². The molecule has 55 heavy (non-hydrogen) atoms. The summed E-state index contributed by atoms with van der Waals surface area (Å²) in [5.74, 6) is 2.01. The molecule has 4 aromatic heterocycles. The molecule has 0 unspecified atom stereocenters. The third-order valence-electron chi connectivity index (χ3n) is 10.5. The molecule has 9 rings (SSSR count). The van der Waals surface area contributed by atoms with Gasteiger partial charge in [0.05, 0.1) is 40.3 Å². The SMILES string of the molecule is CC(C)=CB1OC(C)(C)C(C)(C)O1.CC(C)=Cc1cnc2c3ccccc3c3c(C)cccc3n12.Cc1cccc2c1c1ccccc1c1ncc(Br)n21.[Pd]. The van der Waals surface area contributed by atoms with Crippen molar-refractivity contribution in [2.45, 2.75) is 80.4 Å². The van der Waals surface area contributed by atoms with Gasteiger partial charge in [0.2, 0.25) is 0 Å². The van der Waals surface area contributed by atoms with E-state index in [9.17, 15) is 0 Å². The van der Waals surface area contributed by atoms with Crippen LogP contribution in [0, 0.1) is 13.8 Å². The van der Waals surface area contributed by atoms with Crippen LogP contribution in [-0.2, 0) is 29.7 Å². The summed E-state index contributed by atoms with van der Waals surface area (Å²) in [4.78, 5) is 9.24. The number of fused-ring (bicyclic) bond motifs is 12. The Morgan fingerprint density at radius 2 is 1.07 bits per heavy atom. The molecule has 5 heterocycles. The third-order valence-corrected chi connectivity index (χ3v) is 11.1. The zero-order valence-corrected chi connectivity index (χ0v) is 36.4. The first-order valence-electron chi connectivity index (χ1n) is 18.5. The minimum absolute atomic E-state index is 0. The van der Waals surface area contributed by atoms with Gasteiger partial charge in [-0.15, -0.1) is 0 Å². The number of rotatable bonds is 2. The van der Waals surface area contributed by atoms with Gasteiger partial charge in [-0.25, -0.2) is 9.97 Å². The number of benzene rings is 4. The summed E-state index contributed by atoms with van der Waals surface area (Å²) >= 11 is 3.60. The second kappa shape index (κ2) is 15.8. The van der Waals surface area contributed by atoms with Crippen molar-refractivity contribution in [3.63, 3.8) is 0 Å². The summed E-state index contributed by atoms with van der Waals surface area (Å²) in [6, 6.07) is 29.9. The van der Waals surface area contributed by atoms with Crippen molar-refractivity contribution in [3.05, 3.63) is 136 Å². The maximum Gasteiger partial charge on any atom is 0.487 e. The summed E-state index contributed by atoms with van der Waals surface area (Å²) in [5, 5.41) is 7.54. The Hall–Kier alpha value is -4.09. The second-order valence-corrected chi connectivity index (χ2v) is 16.5. The van der Waals surface area contributed by atoms with E-state index in [2.05, 4.69) is 176 Å². The standard InChI is InChI=1S/C20H18N2.C16H11BrN2.C10H19BO2.Pd/c1-13(2)11-15-12-21-20-17-9-5-4-8-16(17)19-14(3)7-6-10-18(19)22(15)20;1-10-5-4-8-13-15(10)11-6-2-3-7-12(11)16-18-9-14(17)19(13)16;1-8(2)7-11-12-9(3,4)10(5,6)13-11;/h4-12H,1-3H3;2-9H,1H3;7H,1-6H3;. The zero-order chi connectivity index (χ0) is 38.5. The average molecular weight is 886 g/mol. The van der Waals surface area contributed by atoms with E-state index < -0.39 is 0 Å². The minimum Gasteiger partial charge on any atom is -0.400 e. The van der Waals surface area contributed by atoms with Crippen LogP contribution in [0.1, 0.15) is 72.2 Å². The van der Waals surface area contributed by atoms with Crippen molar-refractivity contribution in [1.82, 2.24) is 18.8 Å². The number of aryl methyl sites for hydroxylation is 2. The molecule has 1 aliphatic heterocycles. The minimum atomic E-state index is -0.219. The van der Waals surface area contributed by atoms with Gasteiger partial charge in [-0.2, -0.15) is 0 Å². The van der Waals surface area contributed by atoms with Gasteiger partial charge in [0, 0.05) is 42.0 Å². The first-order valence-corrected chi connectivity index (χ1v) is 19.3. The monoisotopic (exact) mass is 884 g/mol. The van der Waals surface area contributed by atoms with E-state index in [0.29, 0.717) is 0 Å². The molecule has 0 amide bonds. The van der Waals surface area contributed by atoms with E-state index in [1.807, 2.05) is 32.2 Å². The van der Waals surface area contributed by atoms with Crippen molar-refractivity contribution in [2.24, 2.45) is 0 Å². The molecule has 1 fully saturated rings. The number of allylic oxidation sites excluding steroid dienone is 2. The molecule has 6 nitrogen and oxygen atoms in total. The van der Waals surface area contributed by atoms with Gasteiger partial charge in [-0.1, -0.05) is 89.9 Å². The Labute approximate surface area is 346 Å². The molecular formula is C46H48BBrN4O2Pd. The fourth-order valence-electron chi connectivity index (χ4n) is 7.36. The molecule has 1 saturated heterocycles. The van der Waals surface area contributed by atoms with Gasteiger partial charge in [-0.05, 0) is 125 Å². The van der Waals surface area contributed by atoms with Crippen molar-refractivity contribution in [3.8, 4) is 0 Å². The van der Waals surface area contributed by atoms with Gasteiger partial charge in [0.15, 0.2) is 0 Å². The number of imidazole rings is 2. The molecular weight excluding hydrogens is 838 g/mol. The summed E-state index contributed by atoms with van der Waals surface area (Å²) in [6.45, 7) is 20.9. The van der Waals surface area contributed by atoms with E-state index in [4.69, 9.17) is 14.3 Å². The fourth-order valence-corrected chi connectivity index (χ4v) is 7.82. The first kappa shape index (κ1) is 40.6. The smallest absolute Gasteiger partial charge is 0.400 e. The molecule has 0 bridgehead atoms. The fraction of sp³-hybridized carbons (Fsp3) is 0.261. The molecule has 4 aromatic carbocycles. The van der Waals surface area contributed by atoms with E-state index in [0.717, 1.165) is 21.6 Å². The Balaban J connectivity index is 0.000000144. The molecule has 0 atom stereocenters. The van der Waals surface area contributed by atoms with Crippen LogP contribution in [0.25, 0.3) is 60.7 Å². The summed E-state index contributed by atoms with van der Waals surface area (Å²) in [5.41, 5.74) is 10.2. The average Bonchev–Trinajstić information content (AvgIpc) is 3.77. The molecule has 0 aliphatic carbocycles. The van der Waals surface area contributed by atoms with E-state index >= 15 is 0 Å². The first-order chi connectivity index (χ1) is 25.7. The predicted molar refractivity (Wildman–Crippen MR) is 232 cm³/mol. The molecule has 1 aliphatic rings. The molecule has 0 spiro atoms. The maximum atomic E-state index is 5.78. The molecule has 0 saturated carbocycles. The second-order valence-electron chi connectivity index (χ2n) is 15.7. The van der Waals surface area contributed by atoms with Gasteiger partial charge in [0.1, 0.15) is 15.9 Å². The van der Waals surface area contributed by atoms with Crippen LogP contribution in [0.5, 0.6) is 0 Å². The Morgan fingerprint density at radius 3 is 1.56 bits per heavy atom. The van der Waals surface area contributed by atoms with Crippen LogP contribution in [0.4, 0.5) is 0 Å². The topological polar surface area (TPSA) is 53.1 Å². The maximum absolute atomic E-state index is 5.78. The summed E-state index contributed by atoms with van der Waals surface area (Å²) in [6.07, 6.45) is 6.02. The summed E-state index contributed by atoms with van der Waals surface area (Å²) < 4.78 is 17.0. The van der Waals surface area contributed by atoms with Gasteiger partial charge >= 0.3 is 7.12 Å². The zero-order valence-electron chi connectivity index (χ0n) is 33.3. The molecule has 0 radical (unpaired) electrons. The number of nitrogens with zero attached hydrogens (tertiary/aromatic N) is 4. The van der Waals surface area contributed by atoms with Crippen LogP contribution in [0.15, 0.2) is 119 Å². The van der Waals surface area contributed by atoms with Gasteiger partial charge in [0.25, 0.3) is 0 Å². The largest absolute Gasteiger partial charge is 0.487 e. The normalized spacial score (nSPS) is 14.4. The number of halogens is 1. The van der Waals surface area contributed by atoms with Crippen LogP contribution < -0.4 is 0 Å². The predicted octanol–water partition coefficient (Wildman–Crippen LogP) is 12.7. The van der Waals surface area contributed by atoms with Crippen LogP contribution in [0.3, 0.4) is 0 Å². The Bertz CT molecular complexity index is 2760. The Morgan fingerprint density at radius 1 is 0.618 bits per heavy atom. The Kier molecular flexibility index (Phi) is 11.7. The van der Waals surface area contributed by atoms with E-state index in [1.54, 1.807) is 0 Å². The third kappa shape index (κ3) is 7.58. The van der Waals surface area contributed by atoms with Crippen LogP contribution in [-0.4, -0.2) is 37.1 Å². The number of hydrogen-bond acceptors (Lipinski definition) is 4. The number of hydrogen-bond donors (Lipinski definition) is 0. The van der Waals surface area contributed by atoms with Crippen molar-refractivity contribution >= 4 is 83.8 Å². The summed E-state index contributed by atoms with van der Waals surface area (Å²) in [7, 11) is -0.185. The molecule has 284 valence electrons. The molecule has 9 heteroatoms. The van der Waals surface area contributed by atoms with Gasteiger partial charge < -0.3 is 9.31 Å². The quantitative estimate of drug-likeness (QED) is 0.128. The van der Waals surface area contributed by atoms with Crippen molar-refractivity contribution in [1.29, 1.82) is 0 Å². The molecule has 0 N–H and O–H groups in total. The number of pyridine rings is 2. The molecule has 8 aromatic rings. The van der Waals surface area contributed by atoms with Crippen LogP contribution in [0.2, 0.25) is 0 Å². The van der Waals surface area contributed by atoms with E-state index in [-0.39, 0.29) is 38.7 Å².